The lowest BCUT2D eigenvalue weighted by molar-refractivity contribution is 0.149. The minimum absolute atomic E-state index is 0.0170. The van der Waals surface area contributed by atoms with E-state index >= 15 is 0 Å². The Hall–Kier alpha value is -1.13. The molecule has 0 aromatic heterocycles. The lowest BCUT2D eigenvalue weighted by Crippen LogP contribution is -2.44. The lowest BCUT2D eigenvalue weighted by atomic mass is 10.0. The van der Waals surface area contributed by atoms with Gasteiger partial charge in [0.2, 0.25) is 0 Å². The molecule has 0 saturated heterocycles. The van der Waals surface area contributed by atoms with Crippen molar-refractivity contribution in [2.75, 3.05) is 20.3 Å². The van der Waals surface area contributed by atoms with Crippen LogP contribution >= 0.6 is 0 Å². The largest absolute Gasteiger partial charge is 0.490 e. The summed E-state index contributed by atoms with van der Waals surface area (Å²) in [7, 11) is 1.78. The van der Waals surface area contributed by atoms with Gasteiger partial charge in [0.15, 0.2) is 11.6 Å². The van der Waals surface area contributed by atoms with E-state index in [4.69, 9.17) is 4.74 Å². The minimum atomic E-state index is -0.389. The van der Waals surface area contributed by atoms with Gasteiger partial charge in [0.1, 0.15) is 0 Å². The number of nitrogens with one attached hydrogen (secondary N) is 1. The van der Waals surface area contributed by atoms with Gasteiger partial charge in [-0.3, -0.25) is 0 Å². The molecule has 1 aromatic rings. The van der Waals surface area contributed by atoms with Crippen molar-refractivity contribution in [2.45, 2.75) is 25.8 Å². The van der Waals surface area contributed by atoms with Crippen LogP contribution in [-0.4, -0.2) is 30.9 Å². The summed E-state index contributed by atoms with van der Waals surface area (Å²) in [5, 5.41) is 12.2. The smallest absolute Gasteiger partial charge is 0.167 e. The molecule has 0 spiro atoms. The van der Waals surface area contributed by atoms with Crippen LogP contribution in [0.25, 0.3) is 0 Å². The first kappa shape index (κ1) is 13.9. The molecular formula is C13H20FNO2. The molecule has 17 heavy (non-hydrogen) atoms. The molecule has 1 atom stereocenters. The number of aliphatic hydroxyl groups is 1. The molecule has 4 heteroatoms. The molecule has 1 unspecified atom stereocenters. The van der Waals surface area contributed by atoms with E-state index in [1.165, 1.54) is 0 Å². The zero-order valence-corrected chi connectivity index (χ0v) is 10.6. The summed E-state index contributed by atoms with van der Waals surface area (Å²) in [6.07, 6.45) is 0.605. The summed E-state index contributed by atoms with van der Waals surface area (Å²) < 4.78 is 19.0. The van der Waals surface area contributed by atoms with Crippen molar-refractivity contribution in [3.05, 3.63) is 29.6 Å². The van der Waals surface area contributed by atoms with Crippen LogP contribution in [0.3, 0.4) is 0 Å². The summed E-state index contributed by atoms with van der Waals surface area (Å²) in [6, 6.07) is 5.07. The summed E-state index contributed by atoms with van der Waals surface area (Å²) in [6.45, 7) is 3.97. The predicted molar refractivity (Wildman–Crippen MR) is 65.8 cm³/mol. The number of aryl methyl sites for hydroxylation is 1. The Bertz CT molecular complexity index is 364. The normalized spacial score (nSPS) is 14.4. The number of benzene rings is 1. The number of halogens is 1. The van der Waals surface area contributed by atoms with E-state index < -0.39 is 0 Å². The average molecular weight is 241 g/mol. The van der Waals surface area contributed by atoms with Crippen molar-refractivity contribution in [3.8, 4) is 5.75 Å². The van der Waals surface area contributed by atoms with Crippen molar-refractivity contribution in [1.29, 1.82) is 0 Å². The Morgan fingerprint density at radius 3 is 2.76 bits per heavy atom. The Balaban J connectivity index is 2.54. The van der Waals surface area contributed by atoms with Crippen LogP contribution in [-0.2, 0) is 0 Å². The molecule has 0 bridgehead atoms. The maximum Gasteiger partial charge on any atom is 0.167 e. The highest BCUT2D eigenvalue weighted by molar-refractivity contribution is 5.30. The highest BCUT2D eigenvalue weighted by Crippen LogP contribution is 2.20. The molecule has 96 valence electrons. The van der Waals surface area contributed by atoms with Crippen LogP contribution < -0.4 is 10.1 Å². The number of likely N-dealkylation sites (N-methyl/N-ethyl adjacent to an activating group) is 1. The fourth-order valence-corrected chi connectivity index (χ4v) is 1.40. The van der Waals surface area contributed by atoms with E-state index in [-0.39, 0.29) is 23.7 Å². The van der Waals surface area contributed by atoms with Gasteiger partial charge in [-0.2, -0.15) is 0 Å². The lowest BCUT2D eigenvalue weighted by Gasteiger charge is -2.26. The summed E-state index contributed by atoms with van der Waals surface area (Å²) >= 11 is 0. The monoisotopic (exact) mass is 241 g/mol. The number of rotatable bonds is 6. The van der Waals surface area contributed by atoms with Gasteiger partial charge in [-0.25, -0.2) is 4.39 Å². The molecule has 2 N–H and O–H groups in total. The molecule has 0 radical (unpaired) electrons. The molecular weight excluding hydrogens is 221 g/mol. The maximum absolute atomic E-state index is 13.6. The van der Waals surface area contributed by atoms with Gasteiger partial charge in [-0.1, -0.05) is 12.1 Å². The molecule has 1 aromatic carbocycles. The second-order valence-corrected chi connectivity index (χ2v) is 4.45. The van der Waals surface area contributed by atoms with E-state index in [1.807, 2.05) is 6.92 Å². The fraction of sp³-hybridized carbons (Fsp3) is 0.538. The SMILES string of the molecule is CNC(C)(CO)CCOc1cccc(C)c1F. The molecule has 0 heterocycles. The van der Waals surface area contributed by atoms with Gasteiger partial charge in [0.25, 0.3) is 0 Å². The van der Waals surface area contributed by atoms with Gasteiger partial charge >= 0.3 is 0 Å². The molecule has 0 amide bonds. The second kappa shape index (κ2) is 5.98. The van der Waals surface area contributed by atoms with E-state index in [0.29, 0.717) is 18.6 Å². The van der Waals surface area contributed by atoms with E-state index in [1.54, 1.807) is 32.2 Å². The predicted octanol–water partition coefficient (Wildman–Crippen LogP) is 1.87. The van der Waals surface area contributed by atoms with Crippen LogP contribution in [0, 0.1) is 12.7 Å². The fourth-order valence-electron chi connectivity index (χ4n) is 1.40. The van der Waals surface area contributed by atoms with Gasteiger partial charge < -0.3 is 15.2 Å². The average Bonchev–Trinajstić information content (AvgIpc) is 2.34. The number of aliphatic hydroxyl groups excluding tert-OH is 1. The van der Waals surface area contributed by atoms with Crippen LogP contribution in [0.2, 0.25) is 0 Å². The Morgan fingerprint density at radius 1 is 1.47 bits per heavy atom. The zero-order valence-electron chi connectivity index (χ0n) is 10.6. The molecule has 0 aliphatic rings. The van der Waals surface area contributed by atoms with Crippen molar-refractivity contribution < 1.29 is 14.2 Å². The van der Waals surface area contributed by atoms with Gasteiger partial charge in [0, 0.05) is 12.0 Å². The van der Waals surface area contributed by atoms with Gasteiger partial charge in [-0.05, 0) is 32.5 Å². The standard InChI is InChI=1S/C13H20FNO2/c1-10-5-4-6-11(12(10)14)17-8-7-13(2,9-16)15-3/h4-6,15-16H,7-9H2,1-3H3. The van der Waals surface area contributed by atoms with E-state index in [9.17, 15) is 9.50 Å². The molecule has 3 nitrogen and oxygen atoms in total. The van der Waals surface area contributed by atoms with Crippen molar-refractivity contribution >= 4 is 0 Å². The van der Waals surface area contributed by atoms with E-state index in [0.717, 1.165) is 0 Å². The third-order valence-corrected chi connectivity index (χ3v) is 3.02. The van der Waals surface area contributed by atoms with Crippen LogP contribution in [0.1, 0.15) is 18.9 Å². The summed E-state index contributed by atoms with van der Waals surface area (Å²) in [5.41, 5.74) is 0.182. The molecule has 0 fully saturated rings. The summed E-state index contributed by atoms with van der Waals surface area (Å²) in [4.78, 5) is 0. The number of hydrogen-bond donors (Lipinski definition) is 2. The Kier molecular flexibility index (Phi) is 4.90. The zero-order chi connectivity index (χ0) is 12.9. The quantitative estimate of drug-likeness (QED) is 0.799. The Morgan fingerprint density at radius 2 is 2.18 bits per heavy atom. The topological polar surface area (TPSA) is 41.5 Å². The highest BCUT2D eigenvalue weighted by Gasteiger charge is 2.20. The first-order chi connectivity index (χ1) is 8.02. The first-order valence-electron chi connectivity index (χ1n) is 5.70. The van der Waals surface area contributed by atoms with Gasteiger partial charge in [-0.15, -0.1) is 0 Å². The third kappa shape index (κ3) is 3.68. The van der Waals surface area contributed by atoms with Crippen LogP contribution in [0.15, 0.2) is 18.2 Å². The second-order valence-electron chi connectivity index (χ2n) is 4.45. The minimum Gasteiger partial charge on any atom is -0.490 e. The molecule has 0 saturated carbocycles. The van der Waals surface area contributed by atoms with Crippen molar-refractivity contribution in [1.82, 2.24) is 5.32 Å². The van der Waals surface area contributed by atoms with Crippen LogP contribution in [0.5, 0.6) is 5.75 Å². The highest BCUT2D eigenvalue weighted by atomic mass is 19.1. The van der Waals surface area contributed by atoms with E-state index in [2.05, 4.69) is 5.32 Å². The molecule has 0 aliphatic carbocycles. The van der Waals surface area contributed by atoms with Gasteiger partial charge in [0.05, 0.1) is 13.2 Å². The number of hydrogen-bond acceptors (Lipinski definition) is 3. The van der Waals surface area contributed by atoms with Crippen LogP contribution in [0.4, 0.5) is 4.39 Å². The first-order valence-corrected chi connectivity index (χ1v) is 5.70. The Labute approximate surface area is 102 Å². The molecule has 0 aliphatic heterocycles. The number of ether oxygens (including phenoxy) is 1. The third-order valence-electron chi connectivity index (χ3n) is 3.02. The summed E-state index contributed by atoms with van der Waals surface area (Å²) in [5.74, 6) is -0.0518. The molecule has 1 rings (SSSR count). The maximum atomic E-state index is 13.6. The van der Waals surface area contributed by atoms with Crippen molar-refractivity contribution in [2.24, 2.45) is 0 Å². The van der Waals surface area contributed by atoms with Crippen molar-refractivity contribution in [3.63, 3.8) is 0 Å².